The summed E-state index contributed by atoms with van der Waals surface area (Å²) in [4.78, 5) is 27.7. The van der Waals surface area contributed by atoms with Crippen LogP contribution in [0.2, 0.25) is 5.02 Å². The number of halogens is 1. The molecule has 2 N–H and O–H groups in total. The number of anilines is 1. The van der Waals surface area contributed by atoms with E-state index in [2.05, 4.69) is 27.7 Å². The molecule has 0 radical (unpaired) electrons. The molecule has 5 nitrogen and oxygen atoms in total. The van der Waals surface area contributed by atoms with E-state index < -0.39 is 5.41 Å². The van der Waals surface area contributed by atoms with Crippen LogP contribution in [0.3, 0.4) is 0 Å². The van der Waals surface area contributed by atoms with Crippen LogP contribution in [-0.2, 0) is 15.0 Å². The van der Waals surface area contributed by atoms with E-state index in [1.807, 2.05) is 43.3 Å². The van der Waals surface area contributed by atoms with Gasteiger partial charge in [-0.2, -0.15) is 0 Å². The number of likely N-dealkylation sites (tertiary alicyclic amines) is 1. The molecule has 2 aromatic rings. The molecule has 4 rings (SSSR count). The van der Waals surface area contributed by atoms with E-state index in [9.17, 15) is 9.59 Å². The van der Waals surface area contributed by atoms with Gasteiger partial charge in [0.1, 0.15) is 0 Å². The third-order valence-corrected chi connectivity index (χ3v) is 8.18. The zero-order valence-corrected chi connectivity index (χ0v) is 22.3. The minimum Gasteiger partial charge on any atom is -0.355 e. The topological polar surface area (TPSA) is 61.4 Å². The van der Waals surface area contributed by atoms with Gasteiger partial charge in [-0.05, 0) is 99.5 Å². The van der Waals surface area contributed by atoms with E-state index in [1.165, 1.54) is 5.56 Å². The monoisotopic (exact) mass is 509 g/mol. The number of nitrogens with one attached hydrogen (secondary N) is 2. The second-order valence-corrected chi connectivity index (χ2v) is 10.9. The Labute approximate surface area is 221 Å². The number of carbonyl (C=O) groups is 2. The van der Waals surface area contributed by atoms with Crippen LogP contribution in [0.25, 0.3) is 0 Å². The molecular weight excluding hydrogens is 470 g/mol. The quantitative estimate of drug-likeness (QED) is 0.371. The normalized spacial score (nSPS) is 18.2. The molecule has 2 aliphatic rings. The molecule has 1 heterocycles. The van der Waals surface area contributed by atoms with E-state index >= 15 is 0 Å². The van der Waals surface area contributed by atoms with Crippen molar-refractivity contribution in [3.63, 3.8) is 0 Å². The van der Waals surface area contributed by atoms with Gasteiger partial charge in [0.25, 0.3) is 0 Å². The number of rotatable bonds is 10. The fraction of sp³-hybridized carbons (Fsp3) is 0.533. The molecule has 1 aliphatic carbocycles. The Kier molecular flexibility index (Phi) is 9.44. The smallest absolute Gasteiger partial charge is 0.230 e. The Morgan fingerprint density at radius 1 is 1.06 bits per heavy atom. The highest BCUT2D eigenvalue weighted by atomic mass is 35.5. The fourth-order valence-electron chi connectivity index (χ4n) is 5.88. The van der Waals surface area contributed by atoms with Crippen molar-refractivity contribution in [3.05, 3.63) is 64.7 Å². The Morgan fingerprint density at radius 3 is 2.47 bits per heavy atom. The lowest BCUT2D eigenvalue weighted by Gasteiger charge is -2.32. The molecular formula is C30H40ClN3O2. The van der Waals surface area contributed by atoms with Crippen molar-refractivity contribution >= 4 is 29.1 Å². The molecule has 2 aromatic carbocycles. The fourth-order valence-corrected chi connectivity index (χ4v) is 6.00. The summed E-state index contributed by atoms with van der Waals surface area (Å²) in [5.41, 5.74) is 2.93. The number of benzene rings is 2. The van der Waals surface area contributed by atoms with Crippen LogP contribution < -0.4 is 10.6 Å². The number of carbonyl (C=O) groups excluding carboxylic acids is 2. The molecule has 6 heteroatoms. The molecule has 2 amide bonds. The minimum absolute atomic E-state index is 0.0866. The third kappa shape index (κ3) is 6.68. The maximum atomic E-state index is 13.3. The van der Waals surface area contributed by atoms with Crippen LogP contribution in [0.15, 0.2) is 48.5 Å². The van der Waals surface area contributed by atoms with E-state index in [4.69, 9.17) is 11.6 Å². The minimum atomic E-state index is -0.395. The average Bonchev–Trinajstić information content (AvgIpc) is 3.39. The van der Waals surface area contributed by atoms with Gasteiger partial charge in [-0.25, -0.2) is 0 Å². The van der Waals surface area contributed by atoms with Gasteiger partial charge in [0.2, 0.25) is 11.8 Å². The number of hydrogen-bond donors (Lipinski definition) is 2. The first-order valence-corrected chi connectivity index (χ1v) is 14.0. The molecule has 0 atom stereocenters. The van der Waals surface area contributed by atoms with Crippen LogP contribution in [0, 0.1) is 0 Å². The van der Waals surface area contributed by atoms with Gasteiger partial charge in [-0.15, -0.1) is 0 Å². The Bertz CT molecular complexity index is 1010. The lowest BCUT2D eigenvalue weighted by atomic mass is 9.78. The summed E-state index contributed by atoms with van der Waals surface area (Å²) < 4.78 is 0. The van der Waals surface area contributed by atoms with Gasteiger partial charge in [-0.3, -0.25) is 9.59 Å². The number of piperidine rings is 1. The van der Waals surface area contributed by atoms with Crippen LogP contribution in [-0.4, -0.2) is 42.9 Å². The van der Waals surface area contributed by atoms with Crippen LogP contribution in [0.5, 0.6) is 0 Å². The van der Waals surface area contributed by atoms with Crippen molar-refractivity contribution in [2.45, 2.75) is 76.0 Å². The van der Waals surface area contributed by atoms with Crippen molar-refractivity contribution in [1.29, 1.82) is 0 Å². The molecule has 0 bridgehead atoms. The SMILES string of the molecule is CCCC(=O)Nc1cccc(C2CCN(CCCNC(=O)C3(c4ccc(Cl)cc4)CCCC3)CC2)c1. The first-order chi connectivity index (χ1) is 17.5. The molecule has 1 aliphatic heterocycles. The molecule has 0 aromatic heterocycles. The standard InChI is InChI=1S/C30H40ClN3O2/c1-2-7-28(35)33-27-9-5-8-24(22-27)23-14-20-34(21-15-23)19-6-18-32-29(36)30(16-3-4-17-30)25-10-12-26(31)13-11-25/h5,8-13,22-23H,2-4,6-7,14-21H2,1H3,(H,32,36)(H,33,35). The molecule has 0 spiro atoms. The maximum Gasteiger partial charge on any atom is 0.230 e. The Hall–Kier alpha value is -2.37. The van der Waals surface area contributed by atoms with Crippen molar-refractivity contribution in [2.75, 3.05) is 31.5 Å². The molecule has 0 unspecified atom stereocenters. The second kappa shape index (κ2) is 12.7. The van der Waals surface area contributed by atoms with Gasteiger partial charge in [0, 0.05) is 23.7 Å². The third-order valence-electron chi connectivity index (χ3n) is 7.93. The van der Waals surface area contributed by atoms with E-state index in [1.54, 1.807) is 0 Å². The largest absolute Gasteiger partial charge is 0.355 e. The highest BCUT2D eigenvalue weighted by molar-refractivity contribution is 6.30. The van der Waals surface area contributed by atoms with Gasteiger partial charge in [0.05, 0.1) is 5.41 Å². The van der Waals surface area contributed by atoms with Gasteiger partial charge in [-0.1, -0.05) is 55.6 Å². The first kappa shape index (κ1) is 26.7. The predicted molar refractivity (Wildman–Crippen MR) is 148 cm³/mol. The highest BCUT2D eigenvalue weighted by Crippen LogP contribution is 2.41. The molecule has 1 saturated heterocycles. The second-order valence-electron chi connectivity index (χ2n) is 10.4. The highest BCUT2D eigenvalue weighted by Gasteiger charge is 2.42. The zero-order valence-electron chi connectivity index (χ0n) is 21.5. The molecule has 36 heavy (non-hydrogen) atoms. The zero-order chi connectivity index (χ0) is 25.4. The summed E-state index contributed by atoms with van der Waals surface area (Å²) in [6.45, 7) is 5.88. The lowest BCUT2D eigenvalue weighted by molar-refractivity contribution is -0.126. The summed E-state index contributed by atoms with van der Waals surface area (Å²) in [6, 6.07) is 16.2. The van der Waals surface area contributed by atoms with Gasteiger partial charge < -0.3 is 15.5 Å². The van der Waals surface area contributed by atoms with E-state index in [0.29, 0.717) is 23.9 Å². The molecule has 194 valence electrons. The van der Waals surface area contributed by atoms with Crippen molar-refractivity contribution in [2.24, 2.45) is 0 Å². The van der Waals surface area contributed by atoms with Crippen molar-refractivity contribution in [3.8, 4) is 0 Å². The van der Waals surface area contributed by atoms with E-state index in [-0.39, 0.29) is 11.8 Å². The lowest BCUT2D eigenvalue weighted by Crippen LogP contribution is -2.43. The van der Waals surface area contributed by atoms with Gasteiger partial charge >= 0.3 is 0 Å². The van der Waals surface area contributed by atoms with E-state index in [0.717, 1.165) is 82.3 Å². The summed E-state index contributed by atoms with van der Waals surface area (Å²) in [6.07, 6.45) is 8.65. The number of hydrogen-bond acceptors (Lipinski definition) is 3. The van der Waals surface area contributed by atoms with Crippen LogP contribution in [0.4, 0.5) is 5.69 Å². The predicted octanol–water partition coefficient (Wildman–Crippen LogP) is 6.28. The summed E-state index contributed by atoms with van der Waals surface area (Å²) >= 11 is 6.08. The number of nitrogens with zero attached hydrogens (tertiary/aromatic N) is 1. The molecule has 1 saturated carbocycles. The van der Waals surface area contributed by atoms with Crippen LogP contribution >= 0.6 is 11.6 Å². The van der Waals surface area contributed by atoms with Crippen molar-refractivity contribution in [1.82, 2.24) is 10.2 Å². The van der Waals surface area contributed by atoms with Gasteiger partial charge in [0.15, 0.2) is 0 Å². The van der Waals surface area contributed by atoms with Crippen molar-refractivity contribution < 1.29 is 9.59 Å². The first-order valence-electron chi connectivity index (χ1n) is 13.7. The summed E-state index contributed by atoms with van der Waals surface area (Å²) in [5.74, 6) is 0.793. The van der Waals surface area contributed by atoms with Crippen LogP contribution in [0.1, 0.15) is 81.8 Å². The average molecular weight is 510 g/mol. The Morgan fingerprint density at radius 2 is 1.78 bits per heavy atom. The number of amides is 2. The Balaban J connectivity index is 1.21. The maximum absolute atomic E-state index is 13.3. The molecule has 2 fully saturated rings. The summed E-state index contributed by atoms with van der Waals surface area (Å²) in [5, 5.41) is 6.98. The summed E-state index contributed by atoms with van der Waals surface area (Å²) in [7, 11) is 0.